The molecule has 7 aromatic rings. The van der Waals surface area contributed by atoms with Crippen molar-refractivity contribution >= 4 is 67.0 Å². The van der Waals surface area contributed by atoms with E-state index in [1.807, 2.05) is 48.5 Å². The zero-order valence-electron chi connectivity index (χ0n) is 44.3. The average Bonchev–Trinajstić information content (AvgIpc) is 4.00. The normalized spacial score (nSPS) is 12.3. The van der Waals surface area contributed by atoms with Gasteiger partial charge in [-0.2, -0.15) is 0 Å². The molecule has 1 aliphatic heterocycles. The number of fused-ring (bicyclic) bond motifs is 1. The van der Waals surface area contributed by atoms with Crippen molar-refractivity contribution in [2.24, 2.45) is 0 Å². The molecule has 1 aliphatic rings. The number of rotatable bonds is 11. The van der Waals surface area contributed by atoms with Crippen LogP contribution in [0.5, 0.6) is 0 Å². The first-order chi connectivity index (χ1) is 34.7. The minimum absolute atomic E-state index is 0. The number of allylic oxidation sites excluding steroid dienone is 1. The van der Waals surface area contributed by atoms with Crippen LogP contribution in [0.3, 0.4) is 0 Å². The summed E-state index contributed by atoms with van der Waals surface area (Å²) in [6.45, 7) is 33.3. The molecule has 1 N–H and O–H groups in total. The standard InChI is InChI=1S/C21H25N2.C17H16O2.C13H19N2.C7H6O.C4H8.BrH.2ClH.Pd.H2/c1-14-9-16(3)20(17(4)10-14)22-7-8-23(13-22)21-18(5)11-15(2)12-19(21)6;1-2-13-17(19,15-11-7-4-8-12-15)16(18)14-9-5-3-6-10-14;1-10(2)14-9-15(11(3)4)13-8-6-5-7-12(13)14;8-6-7-4-2-1-3-5-7;1-3-4-2;;;;;/h7-13H,1-6H3;2-12,19H,1,13H2;5-11H,1-4H3;1-6H;3H,1,4H2,2H3;3*1H;;1H/q-1;;+1;;;;;;+3;/p-3/i;;;;;;;;;1+1. The minimum atomic E-state index is -1.55. The van der Waals surface area contributed by atoms with Crippen molar-refractivity contribution in [1.82, 2.24) is 4.57 Å². The fourth-order valence-electron chi connectivity index (χ4n) is 8.39. The van der Waals surface area contributed by atoms with Gasteiger partial charge in [0.1, 0.15) is 6.29 Å². The third-order valence-corrected chi connectivity index (χ3v) is 11.6. The first kappa shape index (κ1) is 61.9. The Hall–Kier alpha value is -5.37. The van der Waals surface area contributed by atoms with E-state index in [1.54, 1.807) is 54.6 Å². The Labute approximate surface area is 458 Å². The second kappa shape index (κ2) is 31.4. The Balaban J connectivity index is 0.000000333. The van der Waals surface area contributed by atoms with Gasteiger partial charge in [-0.3, -0.25) is 9.59 Å². The number of imidazole rings is 1. The van der Waals surface area contributed by atoms with Crippen molar-refractivity contribution in [2.45, 2.75) is 107 Å². The Bertz CT molecular complexity index is 2700. The van der Waals surface area contributed by atoms with Gasteiger partial charge in [-0.25, -0.2) is 9.13 Å². The van der Waals surface area contributed by atoms with Crippen LogP contribution in [0, 0.1) is 48.2 Å². The van der Waals surface area contributed by atoms with Crippen molar-refractivity contribution in [3.8, 4) is 0 Å². The van der Waals surface area contributed by atoms with Crippen molar-refractivity contribution in [3.05, 3.63) is 240 Å². The Morgan fingerprint density at radius 2 is 1.14 bits per heavy atom. The summed E-state index contributed by atoms with van der Waals surface area (Å²) in [6, 6.07) is 45.5. The molecular weight excluding hydrogens is 1110 g/mol. The number of aromatic nitrogens is 2. The summed E-state index contributed by atoms with van der Waals surface area (Å²) in [6.07, 6.45) is 12.0. The SMILES string of the molecule is C=CCC.C=CCC(O)(C(=O)c1ccccc1)c1ccccc1.CC(C)n1c[n+](C(C)C)c2ccccc21.Cc1cc(C)c(N2C=CN(c3c(C)cc(C)cc3C)[CH-]2)c(C)c1.O=Cc1ccccc1.[2HH].[Cl][Pd]([Cl])[Br]. The summed E-state index contributed by atoms with van der Waals surface area (Å²) in [5.74, 6) is -0.306. The summed E-state index contributed by atoms with van der Waals surface area (Å²) < 4.78 is 4.66. The second-order valence-electron chi connectivity index (χ2n) is 18.1. The van der Waals surface area contributed by atoms with E-state index in [0.717, 1.165) is 18.3 Å². The number of carbonyl (C=O) groups excluding carboxylic acids is 2. The molecule has 1 atom stereocenters. The number of ketones is 1. The number of anilines is 2. The Morgan fingerprint density at radius 3 is 1.52 bits per heavy atom. The third kappa shape index (κ3) is 18.8. The van der Waals surface area contributed by atoms with Crippen molar-refractivity contribution in [2.75, 3.05) is 9.80 Å². The molecule has 73 heavy (non-hydrogen) atoms. The van der Waals surface area contributed by atoms with Crippen LogP contribution < -0.4 is 14.4 Å². The van der Waals surface area contributed by atoms with E-state index in [9.17, 15) is 14.7 Å². The summed E-state index contributed by atoms with van der Waals surface area (Å²) in [4.78, 5) is 27.0. The maximum atomic E-state index is 12.6. The number of aryl methyl sites for hydroxylation is 6. The molecule has 393 valence electrons. The predicted octanol–water partition coefficient (Wildman–Crippen LogP) is 17.4. The van der Waals surface area contributed by atoms with Crippen LogP contribution >= 0.6 is 32.5 Å². The van der Waals surface area contributed by atoms with Gasteiger partial charge in [0.05, 0.1) is 12.1 Å². The molecule has 0 spiro atoms. The number of nitrogens with zero attached hydrogens (tertiary/aromatic N) is 4. The van der Waals surface area contributed by atoms with Gasteiger partial charge in [0, 0.05) is 30.3 Å². The molecule has 0 radical (unpaired) electrons. The zero-order valence-corrected chi connectivity index (χ0v) is 49.0. The number of aliphatic hydroxyl groups is 1. The van der Waals surface area contributed by atoms with Gasteiger partial charge in [0.25, 0.3) is 0 Å². The number of carbonyl (C=O) groups is 2. The number of hydrogen-bond donors (Lipinski definition) is 1. The topological polar surface area (TPSA) is 69.7 Å². The van der Waals surface area contributed by atoms with E-state index in [1.165, 1.54) is 55.8 Å². The number of aldehydes is 1. The van der Waals surface area contributed by atoms with Crippen molar-refractivity contribution < 1.29 is 33.4 Å². The summed E-state index contributed by atoms with van der Waals surface area (Å²) in [5, 5.41) is 10.8. The van der Waals surface area contributed by atoms with E-state index >= 15 is 0 Å². The fraction of sp³-hybridized carbons (Fsp3) is 0.258. The molecule has 6 aromatic carbocycles. The summed E-state index contributed by atoms with van der Waals surface area (Å²) >= 11 is 1.69. The molecule has 11 heteroatoms. The molecule has 1 aromatic heterocycles. The van der Waals surface area contributed by atoms with Crippen LogP contribution in [0.25, 0.3) is 11.0 Å². The zero-order chi connectivity index (χ0) is 54.3. The molecule has 1 unspecified atom stereocenters. The van der Waals surface area contributed by atoms with E-state index in [4.69, 9.17) is 19.1 Å². The second-order valence-corrected chi connectivity index (χ2v) is 28.7. The maximum absolute atomic E-state index is 12.6. The average molecular weight is 1180 g/mol. The van der Waals surface area contributed by atoms with Crippen LogP contribution in [0.2, 0.25) is 0 Å². The van der Waals surface area contributed by atoms with Gasteiger partial charge in [0.2, 0.25) is 6.33 Å². The molecule has 0 saturated heterocycles. The predicted molar refractivity (Wildman–Crippen MR) is 314 cm³/mol. The summed E-state index contributed by atoms with van der Waals surface area (Å²) in [7, 11) is 10.1. The van der Waals surface area contributed by atoms with Gasteiger partial charge >= 0.3 is 45.2 Å². The van der Waals surface area contributed by atoms with Crippen LogP contribution in [0.1, 0.15) is 121 Å². The molecule has 0 saturated carbocycles. The fourth-order valence-corrected chi connectivity index (χ4v) is 8.39. The number of para-hydroxylation sites is 2. The number of halogens is 3. The first-order valence-electron chi connectivity index (χ1n) is 24.2. The van der Waals surface area contributed by atoms with Crippen molar-refractivity contribution in [3.63, 3.8) is 0 Å². The summed E-state index contributed by atoms with van der Waals surface area (Å²) in [5.41, 5.74) is 13.3. The first-order valence-corrected chi connectivity index (χ1v) is 31.8. The molecule has 2 heterocycles. The molecule has 0 bridgehead atoms. The Kier molecular flexibility index (Phi) is 26.6. The third-order valence-electron chi connectivity index (χ3n) is 11.6. The monoisotopic (exact) mass is 1180 g/mol. The van der Waals surface area contributed by atoms with Gasteiger partial charge in [-0.1, -0.05) is 158 Å². The number of Topliss-reactive ketones (excluding diaryl/α,β-unsaturated/α-hetero) is 1. The number of hydrogen-bond acceptors (Lipinski definition) is 5. The van der Waals surface area contributed by atoms with E-state index in [0.29, 0.717) is 23.2 Å². The molecule has 0 aliphatic carbocycles. The Morgan fingerprint density at radius 1 is 0.726 bits per heavy atom. The number of benzene rings is 6. The van der Waals surface area contributed by atoms with Crippen LogP contribution in [-0.4, -0.2) is 21.7 Å². The van der Waals surface area contributed by atoms with Crippen LogP contribution in [0.15, 0.2) is 184 Å². The van der Waals surface area contributed by atoms with E-state index in [2.05, 4.69) is 196 Å². The van der Waals surface area contributed by atoms with Crippen LogP contribution in [0.4, 0.5) is 11.4 Å². The van der Waals surface area contributed by atoms with E-state index < -0.39 is 18.3 Å². The van der Waals surface area contributed by atoms with Gasteiger partial charge in [-0.15, -0.1) is 19.8 Å². The molecule has 7 nitrogen and oxygen atoms in total. The van der Waals surface area contributed by atoms with Gasteiger partial charge in [-0.05, 0) is 128 Å². The molecule has 0 fully saturated rings. The van der Waals surface area contributed by atoms with Crippen molar-refractivity contribution in [1.29, 1.82) is 0 Å². The molecule has 0 amide bonds. The quantitative estimate of drug-likeness (QED) is 0.0349. The van der Waals surface area contributed by atoms with Crippen LogP contribution in [-0.2, 0) is 18.3 Å². The molecule has 8 rings (SSSR count). The molecular formula is C62H76BrCl2N4O3Pd. The van der Waals surface area contributed by atoms with Gasteiger partial charge in [0.15, 0.2) is 22.4 Å². The van der Waals surface area contributed by atoms with E-state index in [-0.39, 0.29) is 13.6 Å². The van der Waals surface area contributed by atoms with Gasteiger partial charge < -0.3 is 14.9 Å².